The van der Waals surface area contributed by atoms with Gasteiger partial charge in [-0.05, 0) is 11.5 Å². The highest BCUT2D eigenvalue weighted by Crippen LogP contribution is 2.26. The van der Waals surface area contributed by atoms with Crippen molar-refractivity contribution in [3.05, 3.63) is 42.2 Å². The minimum Gasteiger partial charge on any atom is -0.423 e. The summed E-state index contributed by atoms with van der Waals surface area (Å²) in [5, 5.41) is 1.25. The maximum Gasteiger partial charge on any atom is 0.310 e. The van der Waals surface area contributed by atoms with E-state index in [0.717, 1.165) is 5.39 Å². The number of halogens is 1. The Morgan fingerprint density at radius 1 is 1.25 bits per heavy atom. The van der Waals surface area contributed by atoms with Crippen molar-refractivity contribution in [2.24, 2.45) is 0 Å². The molecule has 2 aromatic carbocycles. The minimum atomic E-state index is -0.486. The largest absolute Gasteiger partial charge is 0.423 e. The fourth-order valence-corrected chi connectivity index (χ4v) is 1.49. The van der Waals surface area contributed by atoms with Crippen molar-refractivity contribution in [1.29, 1.82) is 0 Å². The number of carbonyl (C=O) groups excluding carboxylic acids is 1. The van der Waals surface area contributed by atoms with E-state index in [4.69, 9.17) is 4.74 Å². The monoisotopic (exact) mass is 218 g/mol. The van der Waals surface area contributed by atoms with Crippen LogP contribution in [-0.2, 0) is 4.79 Å². The minimum absolute atomic E-state index is 0.00875. The van der Waals surface area contributed by atoms with Crippen LogP contribution in [0, 0.1) is 5.82 Å². The molecule has 0 N–H and O–H groups in total. The third-order valence-electron chi connectivity index (χ3n) is 2.34. The Kier molecular flexibility index (Phi) is 2.86. The second-order valence-corrected chi connectivity index (χ2v) is 3.43. The van der Waals surface area contributed by atoms with Gasteiger partial charge in [0.15, 0.2) is 11.6 Å². The van der Waals surface area contributed by atoms with Crippen molar-refractivity contribution in [2.45, 2.75) is 13.3 Å². The first kappa shape index (κ1) is 10.6. The van der Waals surface area contributed by atoms with Gasteiger partial charge in [0.25, 0.3) is 0 Å². The summed E-state index contributed by atoms with van der Waals surface area (Å²) < 4.78 is 18.8. The second-order valence-electron chi connectivity index (χ2n) is 3.43. The normalized spacial score (nSPS) is 10.4. The fourth-order valence-electron chi connectivity index (χ4n) is 1.49. The van der Waals surface area contributed by atoms with E-state index in [0.29, 0.717) is 5.39 Å². The lowest BCUT2D eigenvalue weighted by atomic mass is 10.1. The average Bonchev–Trinajstić information content (AvgIpc) is 2.33. The first-order chi connectivity index (χ1) is 7.72. The molecule has 0 atom stereocenters. The molecule has 3 heteroatoms. The molecule has 0 heterocycles. The van der Waals surface area contributed by atoms with E-state index >= 15 is 0 Å². The van der Waals surface area contributed by atoms with Gasteiger partial charge in [-0.25, -0.2) is 4.39 Å². The van der Waals surface area contributed by atoms with Gasteiger partial charge in [0.1, 0.15) is 0 Å². The van der Waals surface area contributed by atoms with Gasteiger partial charge in [-0.3, -0.25) is 4.79 Å². The molecule has 0 aliphatic rings. The third kappa shape index (κ3) is 1.89. The van der Waals surface area contributed by atoms with Crippen LogP contribution in [0.15, 0.2) is 36.4 Å². The maximum absolute atomic E-state index is 13.9. The van der Waals surface area contributed by atoms with Gasteiger partial charge in [0, 0.05) is 11.8 Å². The number of rotatable bonds is 2. The summed E-state index contributed by atoms with van der Waals surface area (Å²) in [4.78, 5) is 11.1. The maximum atomic E-state index is 13.9. The number of esters is 1. The molecule has 82 valence electrons. The van der Waals surface area contributed by atoms with Crippen LogP contribution in [0.5, 0.6) is 5.75 Å². The van der Waals surface area contributed by atoms with Gasteiger partial charge in [0.2, 0.25) is 0 Å². The zero-order valence-electron chi connectivity index (χ0n) is 8.87. The highest BCUT2D eigenvalue weighted by atomic mass is 19.1. The molecular formula is C13H11FO2. The van der Waals surface area contributed by atoms with Crippen LogP contribution in [0.3, 0.4) is 0 Å². The number of hydrogen-bond acceptors (Lipinski definition) is 2. The zero-order valence-corrected chi connectivity index (χ0v) is 8.87. The lowest BCUT2D eigenvalue weighted by molar-refractivity contribution is -0.134. The van der Waals surface area contributed by atoms with Gasteiger partial charge < -0.3 is 4.74 Å². The Morgan fingerprint density at radius 3 is 2.75 bits per heavy atom. The van der Waals surface area contributed by atoms with Gasteiger partial charge in [-0.2, -0.15) is 0 Å². The molecule has 16 heavy (non-hydrogen) atoms. The van der Waals surface area contributed by atoms with Crippen molar-refractivity contribution in [1.82, 2.24) is 0 Å². The van der Waals surface area contributed by atoms with E-state index in [1.165, 1.54) is 6.07 Å². The molecule has 0 aliphatic heterocycles. The SMILES string of the molecule is CCC(=O)Oc1ccc2ccccc2c1F. The second kappa shape index (κ2) is 4.31. The molecule has 0 radical (unpaired) electrons. The topological polar surface area (TPSA) is 26.3 Å². The summed E-state index contributed by atoms with van der Waals surface area (Å²) in [7, 11) is 0. The molecule has 0 fully saturated rings. The molecule has 2 nitrogen and oxygen atoms in total. The average molecular weight is 218 g/mol. The summed E-state index contributed by atoms with van der Waals surface area (Å²) in [5.41, 5.74) is 0. The quantitative estimate of drug-likeness (QED) is 0.571. The highest BCUT2D eigenvalue weighted by molar-refractivity contribution is 5.85. The van der Waals surface area contributed by atoms with E-state index in [2.05, 4.69) is 0 Å². The Bertz CT molecular complexity index is 534. The Balaban J connectivity index is 2.48. The Hall–Kier alpha value is -1.90. The number of fused-ring (bicyclic) bond motifs is 1. The number of benzene rings is 2. The summed E-state index contributed by atoms with van der Waals surface area (Å²) in [6, 6.07) is 10.3. The molecule has 0 saturated carbocycles. The molecule has 0 amide bonds. The van der Waals surface area contributed by atoms with Crippen molar-refractivity contribution in [3.8, 4) is 5.75 Å². The number of ether oxygens (including phenoxy) is 1. The van der Waals surface area contributed by atoms with Crippen LogP contribution in [0.25, 0.3) is 10.8 Å². The zero-order chi connectivity index (χ0) is 11.5. The Morgan fingerprint density at radius 2 is 2.00 bits per heavy atom. The van der Waals surface area contributed by atoms with Crippen LogP contribution in [-0.4, -0.2) is 5.97 Å². The predicted octanol–water partition coefficient (Wildman–Crippen LogP) is 3.29. The summed E-state index contributed by atoms with van der Waals surface area (Å²) in [6.07, 6.45) is 0.228. The van der Waals surface area contributed by atoms with Gasteiger partial charge in [-0.1, -0.05) is 37.3 Å². The molecule has 0 unspecified atom stereocenters. The van der Waals surface area contributed by atoms with Crippen molar-refractivity contribution in [2.75, 3.05) is 0 Å². The predicted molar refractivity (Wildman–Crippen MR) is 59.8 cm³/mol. The van der Waals surface area contributed by atoms with E-state index in [-0.39, 0.29) is 12.2 Å². The third-order valence-corrected chi connectivity index (χ3v) is 2.34. The molecule has 0 aromatic heterocycles. The van der Waals surface area contributed by atoms with Crippen molar-refractivity contribution >= 4 is 16.7 Å². The smallest absolute Gasteiger partial charge is 0.310 e. The lowest BCUT2D eigenvalue weighted by Crippen LogP contribution is -2.06. The molecule has 0 spiro atoms. The first-order valence-corrected chi connectivity index (χ1v) is 5.10. The van der Waals surface area contributed by atoms with E-state index < -0.39 is 11.8 Å². The molecule has 0 saturated heterocycles. The molecule has 0 bridgehead atoms. The van der Waals surface area contributed by atoms with Crippen molar-refractivity contribution in [3.63, 3.8) is 0 Å². The lowest BCUT2D eigenvalue weighted by Gasteiger charge is -2.06. The molecule has 2 rings (SSSR count). The first-order valence-electron chi connectivity index (χ1n) is 5.10. The molecule has 2 aromatic rings. The molecular weight excluding hydrogens is 207 g/mol. The van der Waals surface area contributed by atoms with Gasteiger partial charge in [-0.15, -0.1) is 0 Å². The van der Waals surface area contributed by atoms with Crippen molar-refractivity contribution < 1.29 is 13.9 Å². The van der Waals surface area contributed by atoms with E-state index in [1.807, 2.05) is 12.1 Å². The van der Waals surface area contributed by atoms with E-state index in [9.17, 15) is 9.18 Å². The van der Waals surface area contributed by atoms with Crippen LogP contribution in [0.4, 0.5) is 4.39 Å². The Labute approximate surface area is 92.6 Å². The van der Waals surface area contributed by atoms with E-state index in [1.54, 1.807) is 25.1 Å². The molecule has 0 aliphatic carbocycles. The van der Waals surface area contributed by atoms with Crippen LogP contribution >= 0.6 is 0 Å². The summed E-state index contributed by atoms with van der Waals surface area (Å²) in [6.45, 7) is 1.67. The number of hydrogen-bond donors (Lipinski definition) is 0. The summed E-state index contributed by atoms with van der Waals surface area (Å²) >= 11 is 0. The van der Waals surface area contributed by atoms with Crippen LogP contribution < -0.4 is 4.74 Å². The highest BCUT2D eigenvalue weighted by Gasteiger charge is 2.10. The standard InChI is InChI=1S/C13H11FO2/c1-2-12(15)16-11-8-7-9-5-3-4-6-10(9)13(11)14/h3-8H,2H2,1H3. The number of carbonyl (C=O) groups is 1. The van der Waals surface area contributed by atoms with Gasteiger partial charge >= 0.3 is 5.97 Å². The fraction of sp³-hybridized carbons (Fsp3) is 0.154. The van der Waals surface area contributed by atoms with Crippen LogP contribution in [0.1, 0.15) is 13.3 Å². The van der Waals surface area contributed by atoms with Crippen LogP contribution in [0.2, 0.25) is 0 Å². The van der Waals surface area contributed by atoms with Gasteiger partial charge in [0.05, 0.1) is 0 Å². The summed E-state index contributed by atoms with van der Waals surface area (Å²) in [5.74, 6) is -0.931.